The van der Waals surface area contributed by atoms with E-state index in [1.54, 1.807) is 11.3 Å². The summed E-state index contributed by atoms with van der Waals surface area (Å²) >= 11 is 1.77. The maximum Gasteiger partial charge on any atom is 0.241 e. The number of aryl methyl sites for hydroxylation is 1. The Bertz CT molecular complexity index is 427. The van der Waals surface area contributed by atoms with Crippen LogP contribution in [-0.4, -0.2) is 23.4 Å². The van der Waals surface area contributed by atoms with Gasteiger partial charge in [-0.3, -0.25) is 10.1 Å². The van der Waals surface area contributed by atoms with Crippen LogP contribution in [0.2, 0.25) is 0 Å². The number of nitrogens with zero attached hydrogens (tertiary/aromatic N) is 1. The summed E-state index contributed by atoms with van der Waals surface area (Å²) in [7, 11) is 0. The summed E-state index contributed by atoms with van der Waals surface area (Å²) in [5.74, 6) is 0.788. The third-order valence-electron chi connectivity index (χ3n) is 3.33. The largest absolute Gasteiger partial charge is 0.321 e. The number of carbonyl (C=O) groups excluding carboxylic acids is 1. The number of amides is 1. The van der Waals surface area contributed by atoms with Gasteiger partial charge >= 0.3 is 0 Å². The highest BCUT2D eigenvalue weighted by atomic mass is 32.1. The van der Waals surface area contributed by atoms with E-state index < -0.39 is 0 Å². The standard InChI is InChI=1S/C14H22N2OS/c1-5-16-13(12-7-6-10(4)18-12)15-11(14(16)17)8-9(2)3/h6-7,9,11,13,15H,5,8H2,1-4H3. The molecule has 100 valence electrons. The first-order valence-corrected chi connectivity index (χ1v) is 7.47. The molecular weight excluding hydrogens is 244 g/mol. The predicted octanol–water partition coefficient (Wildman–Crippen LogP) is 2.92. The first-order chi connectivity index (χ1) is 8.52. The van der Waals surface area contributed by atoms with Gasteiger partial charge in [0.1, 0.15) is 6.17 Å². The van der Waals surface area contributed by atoms with Gasteiger partial charge < -0.3 is 4.90 Å². The number of rotatable bonds is 4. The summed E-state index contributed by atoms with van der Waals surface area (Å²) in [4.78, 5) is 16.8. The Morgan fingerprint density at radius 3 is 2.67 bits per heavy atom. The summed E-state index contributed by atoms with van der Waals surface area (Å²) < 4.78 is 0. The van der Waals surface area contributed by atoms with E-state index in [2.05, 4.69) is 38.2 Å². The van der Waals surface area contributed by atoms with Gasteiger partial charge in [-0.2, -0.15) is 0 Å². The normalized spacial score (nSPS) is 24.3. The van der Waals surface area contributed by atoms with E-state index in [-0.39, 0.29) is 18.1 Å². The van der Waals surface area contributed by atoms with Crippen LogP contribution < -0.4 is 5.32 Å². The highest BCUT2D eigenvalue weighted by molar-refractivity contribution is 7.12. The Kier molecular flexibility index (Phi) is 4.07. The van der Waals surface area contributed by atoms with Gasteiger partial charge in [-0.15, -0.1) is 11.3 Å². The van der Waals surface area contributed by atoms with E-state index in [9.17, 15) is 4.79 Å². The van der Waals surface area contributed by atoms with Crippen molar-refractivity contribution in [3.8, 4) is 0 Å². The van der Waals surface area contributed by atoms with Crippen molar-refractivity contribution in [3.05, 3.63) is 21.9 Å². The molecule has 1 fully saturated rings. The van der Waals surface area contributed by atoms with Crippen molar-refractivity contribution in [1.82, 2.24) is 10.2 Å². The van der Waals surface area contributed by atoms with E-state index in [0.717, 1.165) is 13.0 Å². The molecule has 1 aliphatic heterocycles. The van der Waals surface area contributed by atoms with Crippen LogP contribution in [0.15, 0.2) is 12.1 Å². The molecule has 1 aliphatic rings. The van der Waals surface area contributed by atoms with Crippen molar-refractivity contribution in [3.63, 3.8) is 0 Å². The van der Waals surface area contributed by atoms with Crippen molar-refractivity contribution in [2.45, 2.75) is 46.3 Å². The lowest BCUT2D eigenvalue weighted by molar-refractivity contribution is -0.130. The van der Waals surface area contributed by atoms with E-state index in [0.29, 0.717) is 5.92 Å². The molecule has 1 N–H and O–H groups in total. The molecule has 2 unspecified atom stereocenters. The quantitative estimate of drug-likeness (QED) is 0.909. The number of hydrogen-bond acceptors (Lipinski definition) is 3. The Labute approximate surface area is 113 Å². The summed E-state index contributed by atoms with van der Waals surface area (Å²) in [5.41, 5.74) is 0. The van der Waals surface area contributed by atoms with E-state index in [1.165, 1.54) is 9.75 Å². The molecule has 1 aromatic heterocycles. The van der Waals surface area contributed by atoms with E-state index in [4.69, 9.17) is 0 Å². The molecule has 2 atom stereocenters. The van der Waals surface area contributed by atoms with Crippen molar-refractivity contribution < 1.29 is 4.79 Å². The summed E-state index contributed by atoms with van der Waals surface area (Å²) in [6.45, 7) is 9.24. The zero-order valence-corrected chi connectivity index (χ0v) is 12.4. The van der Waals surface area contributed by atoms with Crippen LogP contribution in [0.5, 0.6) is 0 Å². The first-order valence-electron chi connectivity index (χ1n) is 6.65. The fraction of sp³-hybridized carbons (Fsp3) is 0.643. The summed E-state index contributed by atoms with van der Waals surface area (Å²) in [6, 6.07) is 4.23. The summed E-state index contributed by atoms with van der Waals surface area (Å²) in [6.07, 6.45) is 0.987. The molecule has 0 bridgehead atoms. The number of hydrogen-bond donors (Lipinski definition) is 1. The lowest BCUT2D eigenvalue weighted by Gasteiger charge is -2.21. The van der Waals surface area contributed by atoms with Crippen LogP contribution in [0.25, 0.3) is 0 Å². The third-order valence-corrected chi connectivity index (χ3v) is 4.38. The molecular formula is C14H22N2OS. The first kappa shape index (κ1) is 13.6. The average Bonchev–Trinajstić information content (AvgIpc) is 2.84. The monoisotopic (exact) mass is 266 g/mol. The van der Waals surface area contributed by atoms with Gasteiger partial charge in [0.2, 0.25) is 5.91 Å². The lowest BCUT2D eigenvalue weighted by atomic mass is 10.0. The van der Waals surface area contributed by atoms with Gasteiger partial charge in [-0.1, -0.05) is 13.8 Å². The molecule has 0 saturated carbocycles. The molecule has 2 rings (SSSR count). The smallest absolute Gasteiger partial charge is 0.241 e. The summed E-state index contributed by atoms with van der Waals surface area (Å²) in [5, 5.41) is 3.49. The molecule has 0 spiro atoms. The maximum absolute atomic E-state index is 12.3. The molecule has 1 saturated heterocycles. The van der Waals surface area contributed by atoms with Gasteiger partial charge in [0.25, 0.3) is 0 Å². The van der Waals surface area contributed by atoms with Gasteiger partial charge in [-0.25, -0.2) is 0 Å². The Morgan fingerprint density at radius 2 is 2.17 bits per heavy atom. The molecule has 1 amide bonds. The molecule has 4 heteroatoms. The number of carbonyl (C=O) groups is 1. The van der Waals surface area contributed by atoms with Crippen LogP contribution in [0, 0.1) is 12.8 Å². The van der Waals surface area contributed by atoms with Crippen molar-refractivity contribution in [2.24, 2.45) is 5.92 Å². The minimum Gasteiger partial charge on any atom is -0.321 e. The second-order valence-electron chi connectivity index (χ2n) is 5.32. The van der Waals surface area contributed by atoms with Crippen molar-refractivity contribution in [1.29, 1.82) is 0 Å². The van der Waals surface area contributed by atoms with Crippen molar-refractivity contribution in [2.75, 3.05) is 6.54 Å². The lowest BCUT2D eigenvalue weighted by Crippen LogP contribution is -2.31. The van der Waals surface area contributed by atoms with Gasteiger partial charge in [0.05, 0.1) is 6.04 Å². The van der Waals surface area contributed by atoms with Crippen LogP contribution >= 0.6 is 11.3 Å². The molecule has 0 aromatic carbocycles. The Balaban J connectivity index is 2.18. The number of thiophene rings is 1. The van der Waals surface area contributed by atoms with Gasteiger partial charge in [0.15, 0.2) is 0 Å². The van der Waals surface area contributed by atoms with Gasteiger partial charge in [-0.05, 0) is 38.3 Å². The SMILES string of the molecule is CCN1C(=O)C(CC(C)C)NC1c1ccc(C)s1. The molecule has 0 aliphatic carbocycles. The zero-order chi connectivity index (χ0) is 13.3. The Morgan fingerprint density at radius 1 is 1.44 bits per heavy atom. The minimum atomic E-state index is -0.0163. The molecule has 0 radical (unpaired) electrons. The predicted molar refractivity (Wildman–Crippen MR) is 75.6 cm³/mol. The van der Waals surface area contributed by atoms with Crippen LogP contribution in [-0.2, 0) is 4.79 Å². The highest BCUT2D eigenvalue weighted by Gasteiger charge is 2.39. The zero-order valence-electron chi connectivity index (χ0n) is 11.6. The van der Waals surface area contributed by atoms with E-state index >= 15 is 0 Å². The molecule has 18 heavy (non-hydrogen) atoms. The molecule has 3 nitrogen and oxygen atoms in total. The Hall–Kier alpha value is -0.870. The second-order valence-corrected chi connectivity index (χ2v) is 6.64. The van der Waals surface area contributed by atoms with Crippen LogP contribution in [0.1, 0.15) is 43.1 Å². The highest BCUT2D eigenvalue weighted by Crippen LogP contribution is 2.31. The van der Waals surface area contributed by atoms with Gasteiger partial charge in [0, 0.05) is 16.3 Å². The van der Waals surface area contributed by atoms with Crippen molar-refractivity contribution >= 4 is 17.2 Å². The fourth-order valence-electron chi connectivity index (χ4n) is 2.49. The molecule has 1 aromatic rings. The number of likely N-dealkylation sites (N-methyl/N-ethyl adjacent to an activating group) is 1. The minimum absolute atomic E-state index is 0.0163. The second kappa shape index (κ2) is 5.41. The fourth-order valence-corrected chi connectivity index (χ4v) is 3.44. The van der Waals surface area contributed by atoms with Crippen LogP contribution in [0.3, 0.4) is 0 Å². The number of nitrogens with one attached hydrogen (secondary N) is 1. The molecule has 2 heterocycles. The average molecular weight is 266 g/mol. The van der Waals surface area contributed by atoms with Crippen LogP contribution in [0.4, 0.5) is 0 Å². The topological polar surface area (TPSA) is 32.3 Å². The van der Waals surface area contributed by atoms with E-state index in [1.807, 2.05) is 11.8 Å². The third kappa shape index (κ3) is 2.59. The maximum atomic E-state index is 12.3.